The van der Waals surface area contributed by atoms with E-state index in [2.05, 4.69) is 20.5 Å². The molecular formula is C18H18N4O2S. The summed E-state index contributed by atoms with van der Waals surface area (Å²) < 4.78 is 5.59. The number of aryl methyl sites for hydroxylation is 1. The van der Waals surface area contributed by atoms with Crippen molar-refractivity contribution in [2.24, 2.45) is 0 Å². The smallest absolute Gasteiger partial charge is 0.277 e. The van der Waals surface area contributed by atoms with Gasteiger partial charge in [0, 0.05) is 18.9 Å². The molecule has 0 radical (unpaired) electrons. The Morgan fingerprint density at radius 2 is 2.04 bits per heavy atom. The van der Waals surface area contributed by atoms with Gasteiger partial charge in [0.2, 0.25) is 11.8 Å². The van der Waals surface area contributed by atoms with E-state index in [4.69, 9.17) is 4.42 Å². The van der Waals surface area contributed by atoms with Crippen LogP contribution in [-0.4, -0.2) is 26.3 Å². The molecule has 2 aromatic heterocycles. The Morgan fingerprint density at radius 3 is 2.76 bits per heavy atom. The first-order valence-corrected chi connectivity index (χ1v) is 8.73. The maximum Gasteiger partial charge on any atom is 0.277 e. The van der Waals surface area contributed by atoms with Gasteiger partial charge in [0.15, 0.2) is 0 Å². The molecule has 0 bridgehead atoms. The normalized spacial score (nSPS) is 11.9. The average Bonchev–Trinajstić information content (AvgIpc) is 3.10. The summed E-state index contributed by atoms with van der Waals surface area (Å²) in [7, 11) is 0. The number of nitrogens with one attached hydrogen (secondary N) is 1. The van der Waals surface area contributed by atoms with Crippen LogP contribution >= 0.6 is 11.8 Å². The zero-order chi connectivity index (χ0) is 17.6. The number of nitrogens with zero attached hydrogens (tertiary/aromatic N) is 3. The highest BCUT2D eigenvalue weighted by atomic mass is 32.2. The van der Waals surface area contributed by atoms with Crippen LogP contribution in [0.15, 0.2) is 58.4 Å². The fourth-order valence-corrected chi connectivity index (χ4v) is 2.81. The number of benzene rings is 1. The molecule has 3 rings (SSSR count). The largest absolute Gasteiger partial charge is 0.411 e. The minimum Gasteiger partial charge on any atom is -0.411 e. The number of amides is 1. The van der Waals surface area contributed by atoms with Gasteiger partial charge in [0.05, 0.1) is 10.8 Å². The van der Waals surface area contributed by atoms with Gasteiger partial charge in [-0.2, -0.15) is 0 Å². The highest BCUT2D eigenvalue weighted by Crippen LogP contribution is 2.25. The third-order valence-corrected chi connectivity index (χ3v) is 4.48. The van der Waals surface area contributed by atoms with Gasteiger partial charge >= 0.3 is 0 Å². The number of aromatic nitrogens is 3. The molecule has 0 spiro atoms. The lowest BCUT2D eigenvalue weighted by Crippen LogP contribution is -2.30. The quantitative estimate of drug-likeness (QED) is 0.685. The van der Waals surface area contributed by atoms with Gasteiger partial charge in [-0.25, -0.2) is 0 Å². The maximum atomic E-state index is 12.2. The number of carbonyl (C=O) groups is 1. The zero-order valence-electron chi connectivity index (χ0n) is 14.0. The Balaban J connectivity index is 1.54. The third-order valence-electron chi connectivity index (χ3n) is 3.55. The highest BCUT2D eigenvalue weighted by molar-refractivity contribution is 8.00. The summed E-state index contributed by atoms with van der Waals surface area (Å²) in [6.07, 6.45) is 3.33. The topological polar surface area (TPSA) is 80.9 Å². The van der Waals surface area contributed by atoms with Crippen molar-refractivity contribution in [3.63, 3.8) is 0 Å². The van der Waals surface area contributed by atoms with Crippen LogP contribution < -0.4 is 5.32 Å². The van der Waals surface area contributed by atoms with E-state index in [1.165, 1.54) is 17.3 Å². The lowest BCUT2D eigenvalue weighted by atomic mass is 10.1. The van der Waals surface area contributed by atoms with Crippen molar-refractivity contribution in [3.8, 4) is 11.5 Å². The summed E-state index contributed by atoms with van der Waals surface area (Å²) in [6, 6.07) is 11.7. The SMILES string of the molecule is Cc1ccc(CNC(=O)C(C)Sc2nnc(-c3cccnc3)o2)cc1. The van der Waals surface area contributed by atoms with Crippen molar-refractivity contribution in [1.29, 1.82) is 0 Å². The number of thioether (sulfide) groups is 1. The molecule has 1 amide bonds. The number of hydrogen-bond acceptors (Lipinski definition) is 6. The van der Waals surface area contributed by atoms with Gasteiger partial charge in [-0.15, -0.1) is 10.2 Å². The van der Waals surface area contributed by atoms with Crippen molar-refractivity contribution in [1.82, 2.24) is 20.5 Å². The number of pyridine rings is 1. The Labute approximate surface area is 150 Å². The van der Waals surface area contributed by atoms with E-state index in [0.29, 0.717) is 17.7 Å². The molecule has 1 N–H and O–H groups in total. The predicted molar refractivity (Wildman–Crippen MR) is 95.9 cm³/mol. The Bertz CT molecular complexity index is 834. The number of carbonyl (C=O) groups excluding carboxylic acids is 1. The molecule has 0 fully saturated rings. The lowest BCUT2D eigenvalue weighted by molar-refractivity contribution is -0.120. The highest BCUT2D eigenvalue weighted by Gasteiger charge is 2.18. The van der Waals surface area contributed by atoms with Crippen LogP contribution in [0.1, 0.15) is 18.1 Å². The molecule has 0 aliphatic rings. The van der Waals surface area contributed by atoms with Crippen LogP contribution in [0.4, 0.5) is 0 Å². The number of hydrogen-bond donors (Lipinski definition) is 1. The van der Waals surface area contributed by atoms with Crippen LogP contribution in [0.2, 0.25) is 0 Å². The second kappa shape index (κ2) is 7.94. The van der Waals surface area contributed by atoms with Crippen LogP contribution in [0.3, 0.4) is 0 Å². The van der Waals surface area contributed by atoms with Crippen molar-refractivity contribution in [2.45, 2.75) is 30.9 Å². The van der Waals surface area contributed by atoms with Crippen molar-refractivity contribution in [3.05, 3.63) is 59.9 Å². The molecule has 25 heavy (non-hydrogen) atoms. The minimum atomic E-state index is -0.340. The molecule has 0 saturated carbocycles. The molecule has 128 valence electrons. The standard InChI is InChI=1S/C18H18N4O2S/c1-12-5-7-14(8-6-12)10-20-16(23)13(2)25-18-22-21-17(24-18)15-4-3-9-19-11-15/h3-9,11,13H,10H2,1-2H3,(H,20,23). The van der Waals surface area contributed by atoms with Crippen molar-refractivity contribution < 1.29 is 9.21 Å². The summed E-state index contributed by atoms with van der Waals surface area (Å²) >= 11 is 1.23. The number of rotatable bonds is 6. The van der Waals surface area contributed by atoms with E-state index in [1.54, 1.807) is 18.5 Å². The lowest BCUT2D eigenvalue weighted by Gasteiger charge is -2.10. The molecule has 3 aromatic rings. The Hall–Kier alpha value is -2.67. The van der Waals surface area contributed by atoms with E-state index in [-0.39, 0.29) is 11.2 Å². The van der Waals surface area contributed by atoms with Crippen LogP contribution in [-0.2, 0) is 11.3 Å². The second-order valence-electron chi connectivity index (χ2n) is 5.58. The van der Waals surface area contributed by atoms with Crippen molar-refractivity contribution in [2.75, 3.05) is 0 Å². The summed E-state index contributed by atoms with van der Waals surface area (Å²) in [6.45, 7) is 4.34. The summed E-state index contributed by atoms with van der Waals surface area (Å²) in [5.41, 5.74) is 3.01. The Morgan fingerprint density at radius 1 is 1.24 bits per heavy atom. The Kier molecular flexibility index (Phi) is 5.45. The fourth-order valence-electron chi connectivity index (χ4n) is 2.11. The molecule has 1 atom stereocenters. The molecule has 0 aliphatic heterocycles. The maximum absolute atomic E-state index is 12.2. The third kappa shape index (κ3) is 4.67. The van der Waals surface area contributed by atoms with Crippen LogP contribution in [0.25, 0.3) is 11.5 Å². The van der Waals surface area contributed by atoms with Gasteiger partial charge in [-0.3, -0.25) is 9.78 Å². The van der Waals surface area contributed by atoms with Crippen molar-refractivity contribution >= 4 is 17.7 Å². The summed E-state index contributed by atoms with van der Waals surface area (Å²) in [5.74, 6) is 0.314. The predicted octanol–water partition coefficient (Wildman–Crippen LogP) is 3.24. The molecule has 6 nitrogen and oxygen atoms in total. The second-order valence-corrected chi connectivity index (χ2v) is 6.87. The zero-order valence-corrected chi connectivity index (χ0v) is 14.8. The molecule has 0 saturated heterocycles. The van der Waals surface area contributed by atoms with Gasteiger partial charge in [-0.05, 0) is 31.5 Å². The molecule has 7 heteroatoms. The van der Waals surface area contributed by atoms with Gasteiger partial charge in [0.1, 0.15) is 0 Å². The van der Waals surface area contributed by atoms with Gasteiger partial charge < -0.3 is 9.73 Å². The first-order chi connectivity index (χ1) is 12.1. The molecule has 0 aliphatic carbocycles. The van der Waals surface area contributed by atoms with Gasteiger partial charge in [0.25, 0.3) is 5.22 Å². The molecule has 1 unspecified atom stereocenters. The average molecular weight is 354 g/mol. The monoisotopic (exact) mass is 354 g/mol. The molecule has 2 heterocycles. The summed E-state index contributed by atoms with van der Waals surface area (Å²) in [5, 5.41) is 10.9. The van der Waals surface area contributed by atoms with Gasteiger partial charge in [-0.1, -0.05) is 41.6 Å². The first kappa shape index (κ1) is 17.2. The van der Waals surface area contributed by atoms with Crippen LogP contribution in [0, 0.1) is 6.92 Å². The van der Waals surface area contributed by atoms with E-state index < -0.39 is 0 Å². The first-order valence-electron chi connectivity index (χ1n) is 7.85. The van der Waals surface area contributed by atoms with E-state index in [9.17, 15) is 4.79 Å². The summed E-state index contributed by atoms with van der Waals surface area (Å²) in [4.78, 5) is 16.3. The fraction of sp³-hybridized carbons (Fsp3) is 0.222. The van der Waals surface area contributed by atoms with E-state index in [1.807, 2.05) is 44.2 Å². The molecule has 1 aromatic carbocycles. The van der Waals surface area contributed by atoms with E-state index >= 15 is 0 Å². The minimum absolute atomic E-state index is 0.0771. The molecular weight excluding hydrogens is 336 g/mol. The van der Waals surface area contributed by atoms with Crippen LogP contribution in [0.5, 0.6) is 0 Å². The van der Waals surface area contributed by atoms with E-state index in [0.717, 1.165) is 11.1 Å².